The highest BCUT2D eigenvalue weighted by Crippen LogP contribution is 2.19. The van der Waals surface area contributed by atoms with E-state index < -0.39 is 8.32 Å². The third-order valence-electron chi connectivity index (χ3n) is 3.52. The number of hydrogen-bond donors (Lipinski definition) is 0. The highest BCUT2D eigenvalue weighted by atomic mass is 32.2. The van der Waals surface area contributed by atoms with Crippen molar-refractivity contribution < 1.29 is 14.0 Å². The number of carbonyl (C=O) groups is 2. The summed E-state index contributed by atoms with van der Waals surface area (Å²) in [4.78, 5) is 24.9. The third kappa shape index (κ3) is 8.76. The molecule has 0 fully saturated rings. The van der Waals surface area contributed by atoms with Crippen molar-refractivity contribution in [3.63, 3.8) is 0 Å². The van der Waals surface area contributed by atoms with Gasteiger partial charge in [-0.15, -0.1) is 0 Å². The van der Waals surface area contributed by atoms with E-state index in [2.05, 4.69) is 38.8 Å². The zero-order valence-corrected chi connectivity index (χ0v) is 16.2. The lowest BCUT2D eigenvalue weighted by atomic mass is 10.3. The number of Topliss-reactive ketones (excluding diaryl/α,β-unsaturated/α-hetero) is 1. The molecule has 1 unspecified atom stereocenters. The van der Waals surface area contributed by atoms with Gasteiger partial charge in [0.15, 0.2) is 8.32 Å². The molecule has 0 radical (unpaired) electrons. The van der Waals surface area contributed by atoms with Gasteiger partial charge in [0.05, 0.1) is 6.23 Å². The fraction of sp³-hybridized carbons (Fsp3) is 0.867. The summed E-state index contributed by atoms with van der Waals surface area (Å²) in [6, 6.07) is 1.01. The molecule has 0 aromatic carbocycles. The van der Waals surface area contributed by atoms with E-state index in [0.29, 0.717) is 12.2 Å². The zero-order chi connectivity index (χ0) is 16.5. The molecule has 124 valence electrons. The van der Waals surface area contributed by atoms with Crippen LogP contribution in [0.25, 0.3) is 0 Å². The van der Waals surface area contributed by atoms with E-state index in [0.717, 1.165) is 37.3 Å². The van der Waals surface area contributed by atoms with Gasteiger partial charge >= 0.3 is 0 Å². The quantitative estimate of drug-likeness (QED) is 0.250. The summed E-state index contributed by atoms with van der Waals surface area (Å²) in [7, 11) is -1.72. The smallest absolute Gasteiger partial charge is 0.254 e. The second-order valence-electron chi connectivity index (χ2n) is 5.71. The maximum Gasteiger partial charge on any atom is 0.254 e. The van der Waals surface area contributed by atoms with Crippen LogP contribution in [0.15, 0.2) is 0 Å². The molecular weight excluding hydrogens is 302 g/mol. The Hall–Kier alpha value is -0.173. The predicted molar refractivity (Wildman–Crippen MR) is 93.1 cm³/mol. The molecule has 0 rings (SSSR count). The normalized spacial score (nSPS) is 13.5. The second-order valence-corrected chi connectivity index (χ2v) is 11.0. The van der Waals surface area contributed by atoms with Crippen molar-refractivity contribution in [1.29, 1.82) is 0 Å². The molecule has 21 heavy (non-hydrogen) atoms. The van der Waals surface area contributed by atoms with Crippen LogP contribution in [0.1, 0.15) is 40.5 Å². The van der Waals surface area contributed by atoms with Crippen molar-refractivity contribution in [3.05, 3.63) is 0 Å². The number of ketones is 1. The Morgan fingerprint density at radius 1 is 1.19 bits per heavy atom. The topological polar surface area (TPSA) is 46.6 Å². The van der Waals surface area contributed by atoms with Gasteiger partial charge in [0.25, 0.3) is 5.12 Å². The number of rotatable bonds is 11. The minimum atomic E-state index is -1.72. The molecule has 0 aliphatic carbocycles. The van der Waals surface area contributed by atoms with E-state index in [-0.39, 0.29) is 17.1 Å². The lowest BCUT2D eigenvalue weighted by Crippen LogP contribution is -2.43. The highest BCUT2D eigenvalue weighted by Gasteiger charge is 2.26. The molecule has 0 aromatic heterocycles. The molecule has 4 nitrogen and oxygen atoms in total. The van der Waals surface area contributed by atoms with Gasteiger partial charge < -0.3 is 4.43 Å². The molecule has 0 bridgehead atoms. The van der Waals surface area contributed by atoms with Crippen LogP contribution in [-0.2, 0) is 14.0 Å². The van der Waals surface area contributed by atoms with Gasteiger partial charge in [-0.1, -0.05) is 32.5 Å². The van der Waals surface area contributed by atoms with E-state index in [1.807, 2.05) is 0 Å². The van der Waals surface area contributed by atoms with E-state index in [9.17, 15) is 9.59 Å². The average Bonchev–Trinajstić information content (AvgIpc) is 2.43. The first-order chi connectivity index (χ1) is 9.77. The minimum absolute atomic E-state index is 0.151. The van der Waals surface area contributed by atoms with Crippen LogP contribution in [0.5, 0.6) is 0 Å². The maximum absolute atomic E-state index is 11.4. The molecule has 6 heteroatoms. The van der Waals surface area contributed by atoms with E-state index in [1.54, 1.807) is 6.92 Å². The summed E-state index contributed by atoms with van der Waals surface area (Å²) in [5, 5.41) is -0.297. The van der Waals surface area contributed by atoms with E-state index in [4.69, 9.17) is 4.43 Å². The molecule has 1 atom stereocenters. The zero-order valence-electron chi connectivity index (χ0n) is 14.4. The van der Waals surface area contributed by atoms with Crippen molar-refractivity contribution in [2.24, 2.45) is 0 Å². The van der Waals surface area contributed by atoms with Gasteiger partial charge in [-0.05, 0) is 45.6 Å². The Kier molecular flexibility index (Phi) is 10.4. The molecule has 0 N–H and O–H groups in total. The second kappa shape index (κ2) is 10.5. The molecule has 0 aliphatic heterocycles. The lowest BCUT2D eigenvalue weighted by Gasteiger charge is -2.33. The fourth-order valence-corrected chi connectivity index (χ4v) is 5.47. The first-order valence-corrected chi connectivity index (χ1v) is 12.0. The largest absolute Gasteiger partial charge is 0.402 e. The van der Waals surface area contributed by atoms with Crippen LogP contribution in [0, 0.1) is 0 Å². The van der Waals surface area contributed by atoms with Crippen molar-refractivity contribution in [3.8, 4) is 0 Å². The number of nitrogens with zero attached hydrogens (tertiary/aromatic N) is 1. The van der Waals surface area contributed by atoms with Gasteiger partial charge in [0.1, 0.15) is 0 Å². The summed E-state index contributed by atoms with van der Waals surface area (Å²) in [5.74, 6) is 0.437. The highest BCUT2D eigenvalue weighted by molar-refractivity contribution is 8.15. The maximum atomic E-state index is 11.4. The number of thioether (sulfide) groups is 1. The van der Waals surface area contributed by atoms with Crippen LogP contribution in [-0.4, -0.2) is 49.2 Å². The molecule has 0 aromatic rings. The van der Waals surface area contributed by atoms with Crippen LogP contribution in [0.3, 0.4) is 0 Å². The Labute approximate surface area is 135 Å². The van der Waals surface area contributed by atoms with Crippen LogP contribution >= 0.6 is 11.8 Å². The van der Waals surface area contributed by atoms with Crippen molar-refractivity contribution in [1.82, 2.24) is 4.90 Å². The molecule has 0 spiro atoms. The molecule has 0 amide bonds. The first-order valence-electron chi connectivity index (χ1n) is 7.89. The van der Waals surface area contributed by atoms with Crippen LogP contribution in [0.4, 0.5) is 0 Å². The summed E-state index contributed by atoms with van der Waals surface area (Å²) >= 11 is 1.15. The Morgan fingerprint density at radius 2 is 1.76 bits per heavy atom. The Bertz CT molecular complexity index is 333. The average molecular weight is 334 g/mol. The van der Waals surface area contributed by atoms with Crippen molar-refractivity contribution >= 4 is 31.0 Å². The van der Waals surface area contributed by atoms with Gasteiger partial charge in [0, 0.05) is 12.2 Å². The number of hydrogen-bond acceptors (Lipinski definition) is 5. The van der Waals surface area contributed by atoms with Crippen molar-refractivity contribution in [2.75, 3.05) is 18.8 Å². The van der Waals surface area contributed by atoms with Crippen molar-refractivity contribution in [2.45, 2.75) is 65.9 Å². The lowest BCUT2D eigenvalue weighted by molar-refractivity contribution is -0.131. The predicted octanol–water partition coefficient (Wildman–Crippen LogP) is 3.52. The van der Waals surface area contributed by atoms with Gasteiger partial charge in [-0.3, -0.25) is 14.5 Å². The van der Waals surface area contributed by atoms with E-state index >= 15 is 0 Å². The Balaban J connectivity index is 4.08. The van der Waals surface area contributed by atoms with E-state index in [1.165, 1.54) is 0 Å². The molecule has 0 aliphatic rings. The van der Waals surface area contributed by atoms with Gasteiger partial charge in [-0.25, -0.2) is 0 Å². The van der Waals surface area contributed by atoms with Gasteiger partial charge in [-0.2, -0.15) is 0 Å². The fourth-order valence-electron chi connectivity index (χ4n) is 2.22. The summed E-state index contributed by atoms with van der Waals surface area (Å²) < 4.78 is 6.26. The Morgan fingerprint density at radius 3 is 2.24 bits per heavy atom. The first kappa shape index (κ1) is 20.8. The molecule has 0 saturated carbocycles. The summed E-state index contributed by atoms with van der Waals surface area (Å²) in [6.07, 6.45) is 1.38. The van der Waals surface area contributed by atoms with Crippen LogP contribution in [0.2, 0.25) is 19.1 Å². The SMILES string of the molecule is CCC(=O)C(=O)SCCC[Si](C)(C)OC(C)N(CC)CC. The number of carbonyl (C=O) groups excluding carboxylic acids is 2. The van der Waals surface area contributed by atoms with Gasteiger partial charge in [0.2, 0.25) is 5.78 Å². The third-order valence-corrected chi connectivity index (χ3v) is 7.04. The van der Waals surface area contributed by atoms with Crippen LogP contribution < -0.4 is 0 Å². The monoisotopic (exact) mass is 333 g/mol. The molecular formula is C15H31NO3SSi. The summed E-state index contributed by atoms with van der Waals surface area (Å²) in [6.45, 7) is 14.5. The minimum Gasteiger partial charge on any atom is -0.402 e. The summed E-state index contributed by atoms with van der Waals surface area (Å²) in [5.41, 5.74) is 0. The standard InChI is InChI=1S/C15H31NO3SSi/c1-7-14(17)15(18)20-11-10-12-21(5,6)19-13(4)16(8-2)9-3/h13H,7-12H2,1-6H3. The molecule has 0 saturated heterocycles. The molecule has 0 heterocycles.